The van der Waals surface area contributed by atoms with Gasteiger partial charge in [-0.25, -0.2) is 0 Å². The first-order valence-electron chi connectivity index (χ1n) is 4.82. The lowest BCUT2D eigenvalue weighted by Gasteiger charge is -2.22. The topological polar surface area (TPSA) is 49.6 Å². The minimum atomic E-state index is 0.0940. The summed E-state index contributed by atoms with van der Waals surface area (Å²) >= 11 is 0. The molecule has 0 spiro atoms. The molecule has 4 heteroatoms. The molecule has 0 bridgehead atoms. The van der Waals surface area contributed by atoms with Crippen molar-refractivity contribution in [3.63, 3.8) is 0 Å². The van der Waals surface area contributed by atoms with Crippen LogP contribution in [-0.2, 0) is 4.79 Å². The quantitative estimate of drug-likeness (QED) is 0.642. The van der Waals surface area contributed by atoms with Crippen LogP contribution in [0.1, 0.15) is 12.8 Å². The van der Waals surface area contributed by atoms with Gasteiger partial charge >= 0.3 is 0 Å². The van der Waals surface area contributed by atoms with Crippen molar-refractivity contribution in [1.82, 2.24) is 9.80 Å². The molecule has 0 aliphatic carbocycles. The number of hydrogen-bond acceptors (Lipinski definition) is 3. The first kappa shape index (κ1) is 10.5. The molecule has 1 heterocycles. The molecule has 1 aliphatic heterocycles. The summed E-state index contributed by atoms with van der Waals surface area (Å²) in [4.78, 5) is 15.5. The number of likely N-dealkylation sites (N-methyl/N-ethyl adjacent to an activating group) is 2. The third kappa shape index (κ3) is 2.42. The molecule has 1 amide bonds. The highest BCUT2D eigenvalue weighted by Gasteiger charge is 2.31. The van der Waals surface area contributed by atoms with Crippen molar-refractivity contribution in [3.8, 4) is 0 Å². The smallest absolute Gasteiger partial charge is 0.239 e. The van der Waals surface area contributed by atoms with Gasteiger partial charge in [-0.3, -0.25) is 9.69 Å². The average Bonchev–Trinajstić information content (AvgIpc) is 2.44. The van der Waals surface area contributed by atoms with Crippen molar-refractivity contribution in [1.29, 1.82) is 0 Å². The van der Waals surface area contributed by atoms with Crippen LogP contribution in [0.25, 0.3) is 0 Å². The van der Waals surface area contributed by atoms with E-state index in [1.54, 1.807) is 4.90 Å². The van der Waals surface area contributed by atoms with E-state index in [0.717, 1.165) is 25.9 Å². The van der Waals surface area contributed by atoms with E-state index in [2.05, 4.69) is 4.90 Å². The van der Waals surface area contributed by atoms with E-state index in [1.807, 2.05) is 14.1 Å². The molecule has 1 fully saturated rings. The summed E-state index contributed by atoms with van der Waals surface area (Å²) in [7, 11) is 3.86. The van der Waals surface area contributed by atoms with E-state index in [-0.39, 0.29) is 11.9 Å². The van der Waals surface area contributed by atoms with E-state index in [9.17, 15) is 4.79 Å². The van der Waals surface area contributed by atoms with Crippen LogP contribution in [-0.4, -0.2) is 55.5 Å². The minimum Gasteiger partial charge on any atom is -0.344 e. The maximum absolute atomic E-state index is 11.6. The molecule has 2 N–H and O–H groups in total. The summed E-state index contributed by atoms with van der Waals surface area (Å²) in [6, 6.07) is 0.0940. The number of nitrogens with two attached hydrogens (primary N) is 1. The highest BCUT2D eigenvalue weighted by Crippen LogP contribution is 2.14. The second kappa shape index (κ2) is 4.58. The highest BCUT2D eigenvalue weighted by molar-refractivity contribution is 5.83. The fourth-order valence-electron chi connectivity index (χ4n) is 1.71. The van der Waals surface area contributed by atoms with Gasteiger partial charge in [0.2, 0.25) is 5.91 Å². The van der Waals surface area contributed by atoms with Crippen LogP contribution in [0.15, 0.2) is 0 Å². The highest BCUT2D eigenvalue weighted by atomic mass is 16.2. The Labute approximate surface area is 79.7 Å². The van der Waals surface area contributed by atoms with Gasteiger partial charge in [0.05, 0.1) is 6.04 Å². The third-order valence-electron chi connectivity index (χ3n) is 2.65. The Hall–Kier alpha value is -0.610. The van der Waals surface area contributed by atoms with Gasteiger partial charge in [-0.2, -0.15) is 0 Å². The normalized spacial score (nSPS) is 23.2. The first-order chi connectivity index (χ1) is 6.16. The molecule has 0 aromatic rings. The molecule has 1 unspecified atom stereocenters. The molecule has 1 aliphatic rings. The number of amides is 1. The molecular formula is C9H19N3O. The van der Waals surface area contributed by atoms with Gasteiger partial charge in [0.25, 0.3) is 0 Å². The Morgan fingerprint density at radius 3 is 2.85 bits per heavy atom. The van der Waals surface area contributed by atoms with Crippen LogP contribution in [0.2, 0.25) is 0 Å². The van der Waals surface area contributed by atoms with E-state index in [0.29, 0.717) is 6.54 Å². The van der Waals surface area contributed by atoms with Gasteiger partial charge in [0.1, 0.15) is 0 Å². The summed E-state index contributed by atoms with van der Waals surface area (Å²) in [5, 5.41) is 0. The minimum absolute atomic E-state index is 0.0940. The fraction of sp³-hybridized carbons (Fsp3) is 0.889. The molecule has 1 saturated heterocycles. The van der Waals surface area contributed by atoms with Gasteiger partial charge < -0.3 is 10.6 Å². The van der Waals surface area contributed by atoms with Crippen LogP contribution >= 0.6 is 0 Å². The van der Waals surface area contributed by atoms with Crippen molar-refractivity contribution < 1.29 is 4.79 Å². The zero-order chi connectivity index (χ0) is 9.84. The Morgan fingerprint density at radius 1 is 1.69 bits per heavy atom. The van der Waals surface area contributed by atoms with E-state index < -0.39 is 0 Å². The summed E-state index contributed by atoms with van der Waals surface area (Å²) in [6.45, 7) is 2.50. The number of rotatable bonds is 4. The Morgan fingerprint density at radius 2 is 2.38 bits per heavy atom. The van der Waals surface area contributed by atoms with E-state index in [4.69, 9.17) is 5.73 Å². The maximum atomic E-state index is 11.6. The number of nitrogens with zero attached hydrogens (tertiary/aromatic N) is 2. The molecule has 0 saturated carbocycles. The largest absolute Gasteiger partial charge is 0.344 e. The molecular weight excluding hydrogens is 166 g/mol. The molecule has 0 radical (unpaired) electrons. The van der Waals surface area contributed by atoms with Crippen molar-refractivity contribution in [2.75, 3.05) is 33.7 Å². The van der Waals surface area contributed by atoms with Crippen LogP contribution < -0.4 is 5.73 Å². The second-order valence-corrected chi connectivity index (χ2v) is 3.69. The Kier molecular flexibility index (Phi) is 3.69. The maximum Gasteiger partial charge on any atom is 0.239 e. The lowest BCUT2D eigenvalue weighted by molar-refractivity contribution is -0.130. The van der Waals surface area contributed by atoms with Crippen molar-refractivity contribution >= 4 is 5.91 Å². The summed E-state index contributed by atoms with van der Waals surface area (Å²) < 4.78 is 0. The monoisotopic (exact) mass is 185 g/mol. The second-order valence-electron chi connectivity index (χ2n) is 3.69. The lowest BCUT2D eigenvalue weighted by atomic mass is 10.2. The lowest BCUT2D eigenvalue weighted by Crippen LogP contribution is -2.39. The zero-order valence-corrected chi connectivity index (χ0v) is 8.49. The number of hydrogen-bond donors (Lipinski definition) is 1. The van der Waals surface area contributed by atoms with Crippen molar-refractivity contribution in [3.05, 3.63) is 0 Å². The van der Waals surface area contributed by atoms with Crippen molar-refractivity contribution in [2.24, 2.45) is 5.73 Å². The molecule has 4 nitrogen and oxygen atoms in total. The van der Waals surface area contributed by atoms with Crippen molar-refractivity contribution in [2.45, 2.75) is 18.9 Å². The van der Waals surface area contributed by atoms with Gasteiger partial charge in [-0.05, 0) is 33.0 Å². The summed E-state index contributed by atoms with van der Waals surface area (Å²) in [5.74, 6) is 0.250. The number of carbonyl (C=O) groups is 1. The SMILES string of the molecule is CN1CCC(N(C)CCCN)C1=O. The molecule has 76 valence electrons. The molecule has 0 aromatic heterocycles. The molecule has 0 aromatic carbocycles. The number of carbonyl (C=O) groups excluding carboxylic acids is 1. The Bertz CT molecular complexity index is 184. The standard InChI is InChI=1S/C9H19N3O/c1-11(6-3-5-10)8-4-7-12(2)9(8)13/h8H,3-7,10H2,1-2H3. The Balaban J connectivity index is 2.39. The molecule has 13 heavy (non-hydrogen) atoms. The van der Waals surface area contributed by atoms with Crippen LogP contribution in [0.4, 0.5) is 0 Å². The van der Waals surface area contributed by atoms with Crippen LogP contribution in [0.3, 0.4) is 0 Å². The van der Waals surface area contributed by atoms with Crippen LogP contribution in [0.5, 0.6) is 0 Å². The fourth-order valence-corrected chi connectivity index (χ4v) is 1.71. The van der Waals surface area contributed by atoms with Crippen LogP contribution in [0, 0.1) is 0 Å². The predicted molar refractivity (Wildman–Crippen MR) is 52.3 cm³/mol. The molecule has 1 atom stereocenters. The first-order valence-corrected chi connectivity index (χ1v) is 4.82. The summed E-state index contributed by atoms with van der Waals surface area (Å²) in [6.07, 6.45) is 1.92. The van der Waals surface area contributed by atoms with Gasteiger partial charge in [0, 0.05) is 13.6 Å². The zero-order valence-electron chi connectivity index (χ0n) is 8.49. The van der Waals surface area contributed by atoms with Gasteiger partial charge in [0.15, 0.2) is 0 Å². The summed E-state index contributed by atoms with van der Waals surface area (Å²) in [5.41, 5.74) is 5.42. The molecule has 1 rings (SSSR count). The van der Waals surface area contributed by atoms with E-state index in [1.165, 1.54) is 0 Å². The number of likely N-dealkylation sites (tertiary alicyclic amines) is 1. The van der Waals surface area contributed by atoms with Gasteiger partial charge in [-0.1, -0.05) is 0 Å². The predicted octanol–water partition coefficient (Wildman–Crippen LogP) is -0.502. The average molecular weight is 185 g/mol. The third-order valence-corrected chi connectivity index (χ3v) is 2.65. The van der Waals surface area contributed by atoms with Gasteiger partial charge in [-0.15, -0.1) is 0 Å². The van der Waals surface area contributed by atoms with E-state index >= 15 is 0 Å².